The number of rotatable bonds is 6. The van der Waals surface area contributed by atoms with Crippen molar-refractivity contribution in [2.24, 2.45) is 0 Å². The van der Waals surface area contributed by atoms with Crippen molar-refractivity contribution in [1.29, 1.82) is 0 Å². The van der Waals surface area contributed by atoms with Gasteiger partial charge in [-0.25, -0.2) is 16.8 Å². The van der Waals surface area contributed by atoms with Crippen LogP contribution in [-0.2, 0) is 37.3 Å². The molecule has 0 aliphatic rings. The fourth-order valence-electron chi connectivity index (χ4n) is 0.642. The first kappa shape index (κ1) is 22.5. The van der Waals surface area contributed by atoms with Gasteiger partial charge in [0, 0.05) is 11.5 Å². The van der Waals surface area contributed by atoms with Crippen LogP contribution in [0.5, 0.6) is 0 Å². The van der Waals surface area contributed by atoms with E-state index in [9.17, 15) is 25.9 Å². The molecule has 9 heteroatoms. The van der Waals surface area contributed by atoms with Crippen molar-refractivity contribution < 1.29 is 43.0 Å². The van der Waals surface area contributed by atoms with Crippen molar-refractivity contribution in [2.45, 2.75) is 39.5 Å². The number of hydrogen-bond acceptors (Lipinski definition) is 6. The third kappa shape index (κ3) is 31.4. The molecule has 0 aromatic carbocycles. The zero-order chi connectivity index (χ0) is 13.2. The maximum absolute atomic E-state index is 9.83. The average Bonchev–Trinajstić information content (AvgIpc) is 2.10. The van der Waals surface area contributed by atoms with Crippen LogP contribution in [-0.4, -0.2) is 37.4 Å². The van der Waals surface area contributed by atoms with Crippen LogP contribution in [0.1, 0.15) is 39.5 Å². The summed E-state index contributed by atoms with van der Waals surface area (Å²) in [6, 6.07) is 0. The summed E-state index contributed by atoms with van der Waals surface area (Å²) < 4.78 is 59.0. The third-order valence-electron chi connectivity index (χ3n) is 1.50. The van der Waals surface area contributed by atoms with Crippen LogP contribution in [0, 0.1) is 0 Å². The molecule has 0 N–H and O–H groups in total. The minimum Gasteiger partial charge on any atom is -0.748 e. The van der Waals surface area contributed by atoms with Crippen molar-refractivity contribution in [3.63, 3.8) is 0 Å². The summed E-state index contributed by atoms with van der Waals surface area (Å²) >= 11 is 0. The molecule has 0 aromatic heterocycles. The van der Waals surface area contributed by atoms with E-state index in [2.05, 4.69) is 0 Å². The molecule has 0 aliphatic heterocycles. The van der Waals surface area contributed by atoms with E-state index in [4.69, 9.17) is 0 Å². The van der Waals surface area contributed by atoms with E-state index in [1.165, 1.54) is 0 Å². The van der Waals surface area contributed by atoms with Gasteiger partial charge in [0.05, 0.1) is 20.2 Å². The maximum atomic E-state index is 9.83. The summed E-state index contributed by atoms with van der Waals surface area (Å²) in [6.45, 7) is 3.68. The molecule has 0 amide bonds. The Hall–Kier alpha value is 0.339. The van der Waals surface area contributed by atoms with Gasteiger partial charge < -0.3 is 9.11 Å². The van der Waals surface area contributed by atoms with Crippen molar-refractivity contribution >= 4 is 20.2 Å². The van der Waals surface area contributed by atoms with Crippen molar-refractivity contribution in [3.8, 4) is 0 Å². The van der Waals surface area contributed by atoms with Crippen LogP contribution in [0.15, 0.2) is 0 Å². The van der Waals surface area contributed by atoms with Crippen LogP contribution in [0.3, 0.4) is 0 Å². The largest absolute Gasteiger partial charge is 2.00 e. The number of unbranched alkanes of at least 4 members (excludes halogenated alkanes) is 2. The Morgan fingerprint density at radius 1 is 0.765 bits per heavy atom. The summed E-state index contributed by atoms with van der Waals surface area (Å²) in [5.41, 5.74) is 0. The van der Waals surface area contributed by atoms with Crippen LogP contribution < -0.4 is 0 Å². The predicted octanol–water partition coefficient (Wildman–Crippen LogP) is 0.661. The first-order valence-electron chi connectivity index (χ1n) is 4.99. The Bertz CT molecular complexity index is 312. The summed E-state index contributed by atoms with van der Waals surface area (Å²) in [7, 11) is -7.87. The zero-order valence-corrected chi connectivity index (χ0v) is 12.4. The molecule has 0 heterocycles. The van der Waals surface area contributed by atoms with E-state index in [1.54, 1.807) is 0 Å². The zero-order valence-electron chi connectivity index (χ0n) is 9.81. The molecule has 6 nitrogen and oxygen atoms in total. The van der Waals surface area contributed by atoms with Gasteiger partial charge >= 0.3 is 17.1 Å². The molecule has 0 aromatic rings. The Labute approximate surface area is 114 Å². The van der Waals surface area contributed by atoms with Gasteiger partial charge in [0.25, 0.3) is 0 Å². The Balaban J connectivity index is -0.000000218. The van der Waals surface area contributed by atoms with Crippen molar-refractivity contribution in [1.82, 2.24) is 0 Å². The molecular formula is C8H18CuO6S2. The molecule has 0 fully saturated rings. The van der Waals surface area contributed by atoms with Crippen molar-refractivity contribution in [2.75, 3.05) is 11.5 Å². The molecule has 0 spiro atoms. The molecule has 0 bridgehead atoms. The second-order valence-electron chi connectivity index (χ2n) is 3.23. The predicted molar refractivity (Wildman–Crippen MR) is 58.9 cm³/mol. The molecule has 0 saturated heterocycles. The van der Waals surface area contributed by atoms with E-state index in [1.807, 2.05) is 13.8 Å². The molecule has 0 aliphatic carbocycles. The van der Waals surface area contributed by atoms with Crippen LogP contribution in [0.25, 0.3) is 0 Å². The molecule has 0 rings (SSSR count). The first-order chi connectivity index (χ1) is 7.12. The van der Waals surface area contributed by atoms with Gasteiger partial charge in [-0.3, -0.25) is 0 Å². The summed E-state index contributed by atoms with van der Waals surface area (Å²) in [5.74, 6) is -0.438. The van der Waals surface area contributed by atoms with Crippen molar-refractivity contribution in [3.05, 3.63) is 0 Å². The van der Waals surface area contributed by atoms with Gasteiger partial charge in [0.2, 0.25) is 0 Å². The van der Waals surface area contributed by atoms with E-state index < -0.39 is 20.2 Å². The van der Waals surface area contributed by atoms with Crippen LogP contribution in [0.2, 0.25) is 0 Å². The maximum Gasteiger partial charge on any atom is 2.00 e. The van der Waals surface area contributed by atoms with Gasteiger partial charge in [0.1, 0.15) is 0 Å². The molecule has 109 valence electrons. The Kier molecular flexibility index (Phi) is 15.1. The topological polar surface area (TPSA) is 114 Å². The molecular weight excluding hydrogens is 320 g/mol. The van der Waals surface area contributed by atoms with Gasteiger partial charge in [-0.15, -0.1) is 0 Å². The van der Waals surface area contributed by atoms with Crippen LogP contribution in [0.4, 0.5) is 0 Å². The van der Waals surface area contributed by atoms with E-state index in [0.29, 0.717) is 12.8 Å². The monoisotopic (exact) mass is 337 g/mol. The molecule has 0 atom stereocenters. The van der Waals surface area contributed by atoms with Crippen LogP contribution >= 0.6 is 0 Å². The molecule has 0 saturated carbocycles. The van der Waals surface area contributed by atoms with Gasteiger partial charge in [0.15, 0.2) is 0 Å². The summed E-state index contributed by atoms with van der Waals surface area (Å²) in [6.07, 6.45) is 2.46. The smallest absolute Gasteiger partial charge is 0.748 e. The summed E-state index contributed by atoms with van der Waals surface area (Å²) in [4.78, 5) is 0. The quantitative estimate of drug-likeness (QED) is 0.519. The average molecular weight is 338 g/mol. The Morgan fingerprint density at radius 2 is 1.00 bits per heavy atom. The first-order valence-corrected chi connectivity index (χ1v) is 8.15. The second kappa shape index (κ2) is 11.4. The minimum absolute atomic E-state index is 0. The van der Waals surface area contributed by atoms with Gasteiger partial charge in [-0.2, -0.15) is 0 Å². The van der Waals surface area contributed by atoms with E-state index in [-0.39, 0.29) is 28.6 Å². The fourth-order valence-corrected chi connectivity index (χ4v) is 1.93. The minimum atomic E-state index is -3.94. The molecule has 17 heavy (non-hydrogen) atoms. The normalized spacial score (nSPS) is 11.1. The van der Waals surface area contributed by atoms with E-state index >= 15 is 0 Å². The number of hydrogen-bond donors (Lipinski definition) is 0. The molecule has 1 radical (unpaired) electrons. The SMILES string of the molecule is CCCCS(=O)(=O)[O-].CCCCS(=O)(=O)[O-].[Cu+2]. The Morgan fingerprint density at radius 3 is 1.06 bits per heavy atom. The standard InChI is InChI=1S/2C4H10O3S.Cu/c2*1-2-3-4-8(5,6)7;/h2*2-4H2,1H3,(H,5,6,7);/q;;+2/p-2. The third-order valence-corrected chi connectivity index (χ3v) is 3.07. The van der Waals surface area contributed by atoms with Gasteiger partial charge in [-0.1, -0.05) is 26.7 Å². The second-order valence-corrected chi connectivity index (χ2v) is 6.28. The van der Waals surface area contributed by atoms with E-state index in [0.717, 1.165) is 12.8 Å². The molecule has 0 unspecified atom stereocenters. The van der Waals surface area contributed by atoms with Gasteiger partial charge in [-0.05, 0) is 12.8 Å². The fraction of sp³-hybridized carbons (Fsp3) is 1.00. The summed E-state index contributed by atoms with van der Waals surface area (Å²) in [5, 5.41) is 0.